The molecule has 0 unspecified atom stereocenters. The van der Waals surface area contributed by atoms with Gasteiger partial charge >= 0.3 is 0 Å². The number of aromatic nitrogens is 2. The predicted octanol–water partition coefficient (Wildman–Crippen LogP) is 18.9. The maximum Gasteiger partial charge on any atom is 0.135 e. The molecule has 9 aromatic rings. The Kier molecular flexibility index (Phi) is 13.7. The van der Waals surface area contributed by atoms with E-state index < -0.39 is 0 Å². The number of halogens is 1. The summed E-state index contributed by atoms with van der Waals surface area (Å²) in [5, 5.41) is 2.18. The third-order valence-electron chi connectivity index (χ3n) is 14.6. The predicted molar refractivity (Wildman–Crippen MR) is 309 cm³/mol. The molecule has 0 spiro atoms. The van der Waals surface area contributed by atoms with Crippen molar-refractivity contribution in [3.8, 4) is 39.6 Å². The summed E-state index contributed by atoms with van der Waals surface area (Å²) in [4.78, 5) is 9.45. The minimum atomic E-state index is -0.267. The smallest absolute Gasteiger partial charge is 0.135 e. The van der Waals surface area contributed by atoms with Gasteiger partial charge in [-0.3, -0.25) is 0 Å². The molecule has 0 saturated heterocycles. The van der Waals surface area contributed by atoms with Gasteiger partial charge in [-0.2, -0.15) is 12.1 Å². The largest absolute Gasteiger partial charge is 0.509 e. The molecule has 0 radical (unpaired) electrons. The Hall–Kier alpha value is -6.49. The maximum absolute atomic E-state index is 14.4. The fourth-order valence-electron chi connectivity index (χ4n) is 9.90. The van der Waals surface area contributed by atoms with Crippen LogP contribution in [0.1, 0.15) is 132 Å². The van der Waals surface area contributed by atoms with Gasteiger partial charge in [0.15, 0.2) is 0 Å². The summed E-state index contributed by atoms with van der Waals surface area (Å²) in [5.74, 6) is 1.68. The van der Waals surface area contributed by atoms with E-state index in [0.717, 1.165) is 67.1 Å². The van der Waals surface area contributed by atoms with Gasteiger partial charge in [-0.1, -0.05) is 170 Å². The van der Waals surface area contributed by atoms with Crippen LogP contribution in [0.4, 0.5) is 27.1 Å². The summed E-state index contributed by atoms with van der Waals surface area (Å²) in [6, 6.07) is 55.8. The first-order valence-corrected chi connectivity index (χ1v) is 26.0. The fraction of sp³-hybridized carbons (Fsp3) is 0.294. The van der Waals surface area contributed by atoms with Gasteiger partial charge in [0, 0.05) is 66.9 Å². The number of rotatable bonds is 7. The second-order valence-corrected chi connectivity index (χ2v) is 25.4. The number of fused-ring (bicyclic) bond motifs is 4. The molecule has 7 heteroatoms. The summed E-state index contributed by atoms with van der Waals surface area (Å²) in [6.07, 6.45) is 1.91. The Morgan fingerprint density at radius 1 is 0.493 bits per heavy atom. The van der Waals surface area contributed by atoms with Crippen LogP contribution in [0.5, 0.6) is 11.5 Å². The van der Waals surface area contributed by atoms with E-state index in [1.54, 1.807) is 0 Å². The Balaban J connectivity index is 0.00000689. The third kappa shape index (κ3) is 10.6. The Morgan fingerprint density at radius 3 is 1.68 bits per heavy atom. The number of hydrogen-bond acceptors (Lipinski definition) is 4. The molecule has 0 aliphatic carbocycles. The van der Waals surface area contributed by atoms with E-state index in [1.165, 1.54) is 45.5 Å². The van der Waals surface area contributed by atoms with E-state index in [0.29, 0.717) is 11.5 Å². The van der Waals surface area contributed by atoms with Crippen molar-refractivity contribution in [2.75, 3.05) is 9.80 Å². The molecule has 75 heavy (non-hydrogen) atoms. The van der Waals surface area contributed by atoms with Crippen molar-refractivity contribution in [2.24, 2.45) is 0 Å². The molecule has 1 aliphatic heterocycles. The van der Waals surface area contributed by atoms with Crippen molar-refractivity contribution in [2.45, 2.75) is 131 Å². The van der Waals surface area contributed by atoms with Crippen LogP contribution in [0.2, 0.25) is 0 Å². The van der Waals surface area contributed by atoms with Gasteiger partial charge in [-0.05, 0) is 125 Å². The Labute approximate surface area is 460 Å². The Morgan fingerprint density at radius 2 is 1.07 bits per heavy atom. The van der Waals surface area contributed by atoms with E-state index in [-0.39, 0.29) is 54.0 Å². The van der Waals surface area contributed by atoms with Crippen LogP contribution < -0.4 is 14.5 Å². The summed E-state index contributed by atoms with van der Waals surface area (Å²) in [7, 11) is 0. The van der Waals surface area contributed by atoms with Gasteiger partial charge in [-0.25, -0.2) is 9.37 Å². The van der Waals surface area contributed by atoms with Gasteiger partial charge in [0.2, 0.25) is 0 Å². The number of pyridine rings is 1. The first kappa shape index (κ1) is 53.3. The normalized spacial score (nSPS) is 13.4. The SMILES string of the molecule is CC(C)(C)c1cc(-c2ccc3c(c2)c2ccc(Oc4[c-]c(N5[CH-]N(c6cc(C(C)(C)C)cc(C(C)(C)C)c6)c6c(-c7ccc(F)cc7)cccc65)ccc4)[c-]c2n3-c2cc(C(C)(C)C)ccn2)cc(C(C)(C)C)c1.[Pt]. The number of hydrogen-bond donors (Lipinski definition) is 0. The number of ether oxygens (including phenoxy) is 1. The van der Waals surface area contributed by atoms with E-state index in [9.17, 15) is 4.39 Å². The Bertz CT molecular complexity index is 3540. The molecule has 0 N–H and O–H groups in total. The topological polar surface area (TPSA) is 33.5 Å². The van der Waals surface area contributed by atoms with Gasteiger partial charge < -0.3 is 19.1 Å². The van der Waals surface area contributed by atoms with Gasteiger partial charge in [0.05, 0.1) is 0 Å². The quantitative estimate of drug-likeness (QED) is 0.149. The number of anilines is 4. The zero-order valence-corrected chi connectivity index (χ0v) is 48.6. The average Bonchev–Trinajstić information content (AvgIpc) is 3.89. The number of nitrogens with zero attached hydrogens (tertiary/aromatic N) is 4. The van der Waals surface area contributed by atoms with Gasteiger partial charge in [0.1, 0.15) is 11.6 Å². The maximum atomic E-state index is 14.4. The average molecular weight is 1170 g/mol. The molecule has 0 fully saturated rings. The molecule has 0 amide bonds. The minimum absolute atomic E-state index is 0. The molecule has 1 aliphatic rings. The summed E-state index contributed by atoms with van der Waals surface area (Å²) < 4.78 is 23.4. The first-order chi connectivity index (χ1) is 34.7. The standard InChI is InChI=1S/C68H70FN4O.Pt/c1-64(2,3)46-30-31-70-62(39-46)73-59-29-24-44(45-32-47(65(4,5)6)35-48(33-45)66(7,8)9)34-58(59)57-28-27-55(41-61(57)73)74-54-19-16-18-52(40-54)71-42-72(53-37-49(67(10,11)12)36-50(38-53)68(13,14)15)63-56(20-17-21-60(63)71)43-22-25-51(69)26-23-43;/h16-39,42H,1-15H3;/q-3;. The summed E-state index contributed by atoms with van der Waals surface area (Å²) in [6.45, 7) is 36.2. The number of para-hydroxylation sites is 1. The van der Waals surface area contributed by atoms with E-state index >= 15 is 0 Å². The van der Waals surface area contributed by atoms with E-state index in [2.05, 4.69) is 234 Å². The second-order valence-electron chi connectivity index (χ2n) is 25.4. The minimum Gasteiger partial charge on any atom is -0.509 e. The molecule has 2 aromatic heterocycles. The molecule has 3 heterocycles. The number of benzene rings is 7. The van der Waals surface area contributed by atoms with Crippen molar-refractivity contribution in [3.05, 3.63) is 198 Å². The molecule has 7 aromatic carbocycles. The van der Waals surface area contributed by atoms with Crippen LogP contribution in [0.15, 0.2) is 146 Å². The third-order valence-corrected chi connectivity index (χ3v) is 14.6. The zero-order chi connectivity index (χ0) is 52.9. The summed E-state index contributed by atoms with van der Waals surface area (Å²) in [5.41, 5.74) is 16.1. The molecule has 5 nitrogen and oxygen atoms in total. The van der Waals surface area contributed by atoms with Crippen LogP contribution in [-0.2, 0) is 48.1 Å². The molecule has 0 bridgehead atoms. The second kappa shape index (κ2) is 19.3. The van der Waals surface area contributed by atoms with Crippen molar-refractivity contribution in [3.63, 3.8) is 0 Å². The van der Waals surface area contributed by atoms with Gasteiger partial charge in [0.25, 0.3) is 0 Å². The molecule has 0 saturated carbocycles. The van der Waals surface area contributed by atoms with Gasteiger partial charge in [-0.15, -0.1) is 48.1 Å². The summed E-state index contributed by atoms with van der Waals surface area (Å²) >= 11 is 0. The van der Waals surface area contributed by atoms with Crippen LogP contribution in [0, 0.1) is 24.6 Å². The van der Waals surface area contributed by atoms with Crippen LogP contribution >= 0.6 is 0 Å². The fourth-order valence-corrected chi connectivity index (χ4v) is 9.90. The zero-order valence-electron chi connectivity index (χ0n) is 46.3. The molecular formula is C68H70FN4OPt-3. The molecular weight excluding hydrogens is 1100 g/mol. The van der Waals surface area contributed by atoms with E-state index in [4.69, 9.17) is 9.72 Å². The van der Waals surface area contributed by atoms with Crippen molar-refractivity contribution >= 4 is 44.6 Å². The monoisotopic (exact) mass is 1170 g/mol. The van der Waals surface area contributed by atoms with Crippen LogP contribution in [0.25, 0.3) is 49.9 Å². The molecule has 0 atom stereocenters. The van der Waals surface area contributed by atoms with Crippen molar-refractivity contribution < 1.29 is 30.2 Å². The molecule has 10 rings (SSSR count). The van der Waals surface area contributed by atoms with Crippen molar-refractivity contribution in [1.82, 2.24) is 9.55 Å². The van der Waals surface area contributed by atoms with E-state index in [1.807, 2.05) is 36.5 Å². The molecule has 388 valence electrons. The van der Waals surface area contributed by atoms with Crippen LogP contribution in [0.3, 0.4) is 0 Å². The van der Waals surface area contributed by atoms with Crippen LogP contribution in [-0.4, -0.2) is 9.55 Å². The first-order valence-electron chi connectivity index (χ1n) is 26.0. The van der Waals surface area contributed by atoms with Crippen molar-refractivity contribution in [1.29, 1.82) is 0 Å².